The lowest BCUT2D eigenvalue weighted by Crippen LogP contribution is -2.42. The van der Waals surface area contributed by atoms with E-state index in [-0.39, 0.29) is 11.4 Å². The van der Waals surface area contributed by atoms with Crippen molar-refractivity contribution in [2.45, 2.75) is 24.2 Å². The molecule has 1 aliphatic heterocycles. The third-order valence-electron chi connectivity index (χ3n) is 5.84. The van der Waals surface area contributed by atoms with Crippen molar-refractivity contribution < 1.29 is 13.2 Å². The van der Waals surface area contributed by atoms with Gasteiger partial charge in [-0.15, -0.1) is 0 Å². The van der Waals surface area contributed by atoms with Crippen LogP contribution in [-0.4, -0.2) is 12.7 Å². The quantitative estimate of drug-likeness (QED) is 0.298. The molecule has 0 aliphatic carbocycles. The molecule has 1 atom stereocenters. The van der Waals surface area contributed by atoms with Crippen LogP contribution in [-0.2, 0) is 23.2 Å². The molecule has 0 saturated carbocycles. The van der Waals surface area contributed by atoms with Crippen molar-refractivity contribution in [3.8, 4) is 5.75 Å². The Morgan fingerprint density at radius 3 is 2.31 bits per heavy atom. The molecule has 1 N–H and O–H groups in total. The number of anilines is 1. The molecule has 0 amide bonds. The first-order chi connectivity index (χ1) is 16.9. The molecule has 1 heterocycles. The van der Waals surface area contributed by atoms with Crippen LogP contribution >= 0.6 is 23.2 Å². The monoisotopic (exact) mass is 524 g/mol. The summed E-state index contributed by atoms with van der Waals surface area (Å²) in [5.74, 6) is 0.647. The highest BCUT2D eigenvalue weighted by Crippen LogP contribution is 2.39. The van der Waals surface area contributed by atoms with Crippen LogP contribution in [0.3, 0.4) is 0 Å². The Labute approximate surface area is 214 Å². The zero-order chi connectivity index (χ0) is 24.4. The topological polar surface area (TPSA) is 58.6 Å². The largest absolute Gasteiger partial charge is 0.489 e. The zero-order valence-corrected chi connectivity index (χ0v) is 20.9. The van der Waals surface area contributed by atoms with Gasteiger partial charge in [0.1, 0.15) is 23.4 Å². The fraction of sp³-hybridized carbons (Fsp3) is 0.111. The molecule has 0 aromatic heterocycles. The van der Waals surface area contributed by atoms with Crippen LogP contribution in [0.1, 0.15) is 22.9 Å². The number of ether oxygens (including phenoxy) is 1. The first-order valence-corrected chi connectivity index (χ1v) is 13.2. The van der Waals surface area contributed by atoms with Gasteiger partial charge in [0.25, 0.3) is 0 Å². The molecule has 178 valence electrons. The van der Waals surface area contributed by atoms with Crippen LogP contribution in [0.2, 0.25) is 10.0 Å². The highest BCUT2D eigenvalue weighted by molar-refractivity contribution is 7.89. The molecule has 0 saturated heterocycles. The van der Waals surface area contributed by atoms with Crippen LogP contribution in [0.25, 0.3) is 0 Å². The second kappa shape index (κ2) is 9.91. The predicted octanol–water partition coefficient (Wildman–Crippen LogP) is 6.89. The summed E-state index contributed by atoms with van der Waals surface area (Å²) in [6, 6.07) is 29.2. The highest BCUT2D eigenvalue weighted by atomic mass is 35.5. The molecule has 5 rings (SSSR count). The minimum absolute atomic E-state index is 0.239. The van der Waals surface area contributed by atoms with E-state index in [2.05, 4.69) is 5.32 Å². The Bertz CT molecular complexity index is 1450. The molecule has 0 unspecified atom stereocenters. The predicted molar refractivity (Wildman–Crippen MR) is 139 cm³/mol. The van der Waals surface area contributed by atoms with Gasteiger partial charge in [-0.3, -0.25) is 0 Å². The van der Waals surface area contributed by atoms with Gasteiger partial charge < -0.3 is 10.1 Å². The number of hydrogen-bond acceptors (Lipinski definition) is 4. The number of hydrogen-bond donors (Lipinski definition) is 1. The van der Waals surface area contributed by atoms with Gasteiger partial charge in [0, 0.05) is 22.2 Å². The SMILES string of the molecule is O=S1(=O)c2ccccc2N[C@H](c2ccc(OCc3ccc(Cl)cc3Cl)cc2)N1Cc1ccccc1. The molecule has 5 nitrogen and oxygen atoms in total. The summed E-state index contributed by atoms with van der Waals surface area (Å²) in [5.41, 5.74) is 3.11. The van der Waals surface area contributed by atoms with E-state index in [4.69, 9.17) is 27.9 Å². The Balaban J connectivity index is 1.42. The van der Waals surface area contributed by atoms with Crippen LogP contribution < -0.4 is 10.1 Å². The summed E-state index contributed by atoms with van der Waals surface area (Å²) in [4.78, 5) is 0.270. The number of para-hydroxylation sites is 1. The molecule has 1 aliphatic rings. The van der Waals surface area contributed by atoms with E-state index in [1.54, 1.807) is 30.3 Å². The van der Waals surface area contributed by atoms with Gasteiger partial charge in [-0.25, -0.2) is 8.42 Å². The van der Waals surface area contributed by atoms with Gasteiger partial charge >= 0.3 is 0 Å². The lowest BCUT2D eigenvalue weighted by atomic mass is 10.1. The first-order valence-electron chi connectivity index (χ1n) is 11.0. The van der Waals surface area contributed by atoms with Crippen molar-refractivity contribution in [2.75, 3.05) is 5.32 Å². The summed E-state index contributed by atoms with van der Waals surface area (Å²) in [7, 11) is -3.73. The average molecular weight is 525 g/mol. The number of halogens is 2. The molecule has 8 heteroatoms. The van der Waals surface area contributed by atoms with E-state index in [1.165, 1.54) is 4.31 Å². The average Bonchev–Trinajstić information content (AvgIpc) is 2.86. The first kappa shape index (κ1) is 23.7. The van der Waals surface area contributed by atoms with Crippen molar-refractivity contribution in [3.05, 3.63) is 124 Å². The number of benzene rings is 4. The van der Waals surface area contributed by atoms with Crippen molar-refractivity contribution in [1.82, 2.24) is 4.31 Å². The van der Waals surface area contributed by atoms with Gasteiger partial charge in [0.2, 0.25) is 10.0 Å². The van der Waals surface area contributed by atoms with Crippen LogP contribution in [0.4, 0.5) is 5.69 Å². The zero-order valence-electron chi connectivity index (χ0n) is 18.6. The van der Waals surface area contributed by atoms with Gasteiger partial charge in [-0.1, -0.05) is 83.9 Å². The van der Waals surface area contributed by atoms with Crippen molar-refractivity contribution in [1.29, 1.82) is 0 Å². The second-order valence-corrected chi connectivity index (χ2v) is 10.9. The van der Waals surface area contributed by atoms with Crippen LogP contribution in [0.5, 0.6) is 5.75 Å². The van der Waals surface area contributed by atoms with E-state index >= 15 is 0 Å². The number of sulfonamides is 1. The molecule has 0 radical (unpaired) electrons. The molecule has 4 aromatic rings. The molecule has 4 aromatic carbocycles. The second-order valence-electron chi connectivity index (χ2n) is 8.17. The third kappa shape index (κ3) is 5.02. The van der Waals surface area contributed by atoms with Crippen molar-refractivity contribution in [3.63, 3.8) is 0 Å². The van der Waals surface area contributed by atoms with Gasteiger partial charge in [-0.2, -0.15) is 4.31 Å². The maximum absolute atomic E-state index is 13.6. The summed E-state index contributed by atoms with van der Waals surface area (Å²) < 4.78 is 34.6. The third-order valence-corrected chi connectivity index (χ3v) is 8.30. The van der Waals surface area contributed by atoms with Crippen LogP contribution in [0, 0.1) is 0 Å². The maximum Gasteiger partial charge on any atom is 0.247 e. The molecule has 0 fully saturated rings. The summed E-state index contributed by atoms with van der Waals surface area (Å²) in [5, 5.41) is 4.52. The number of nitrogens with one attached hydrogen (secondary N) is 1. The number of nitrogens with zero attached hydrogens (tertiary/aromatic N) is 1. The molecule has 0 bridgehead atoms. The van der Waals surface area contributed by atoms with E-state index in [1.807, 2.05) is 66.7 Å². The minimum Gasteiger partial charge on any atom is -0.489 e. The Morgan fingerprint density at radius 2 is 1.57 bits per heavy atom. The summed E-state index contributed by atoms with van der Waals surface area (Å²) >= 11 is 12.2. The van der Waals surface area contributed by atoms with Crippen molar-refractivity contribution in [2.24, 2.45) is 0 Å². The highest BCUT2D eigenvalue weighted by Gasteiger charge is 2.38. The molecular formula is C27H22Cl2N2O3S. The van der Waals surface area contributed by atoms with Gasteiger partial charge in [0.15, 0.2) is 0 Å². The summed E-state index contributed by atoms with van der Waals surface area (Å²) in [6.07, 6.45) is -0.574. The maximum atomic E-state index is 13.6. The number of rotatable bonds is 6. The Morgan fingerprint density at radius 1 is 0.857 bits per heavy atom. The molecular weight excluding hydrogens is 503 g/mol. The minimum atomic E-state index is -3.73. The lowest BCUT2D eigenvalue weighted by molar-refractivity contribution is 0.305. The smallest absolute Gasteiger partial charge is 0.247 e. The fourth-order valence-electron chi connectivity index (χ4n) is 4.03. The Kier molecular flexibility index (Phi) is 6.71. The standard InChI is InChI=1S/C27H22Cl2N2O3S/c28-22-13-10-21(24(29)16-22)18-34-23-14-11-20(12-15-23)27-30-25-8-4-5-9-26(25)35(32,33)31(27)17-19-6-2-1-3-7-19/h1-16,27,30H,17-18H2/t27-/m0/s1. The van der Waals surface area contributed by atoms with Crippen LogP contribution in [0.15, 0.2) is 102 Å². The van der Waals surface area contributed by atoms with Crippen molar-refractivity contribution >= 4 is 38.9 Å². The van der Waals surface area contributed by atoms with E-state index in [0.717, 1.165) is 16.7 Å². The van der Waals surface area contributed by atoms with Gasteiger partial charge in [-0.05, 0) is 47.5 Å². The molecule has 35 heavy (non-hydrogen) atoms. The fourth-order valence-corrected chi connectivity index (χ4v) is 6.17. The molecule has 0 spiro atoms. The van der Waals surface area contributed by atoms with Gasteiger partial charge in [0.05, 0.1) is 5.69 Å². The van der Waals surface area contributed by atoms with E-state index < -0.39 is 16.2 Å². The number of fused-ring (bicyclic) bond motifs is 1. The van der Waals surface area contributed by atoms with E-state index in [9.17, 15) is 8.42 Å². The normalized spacial score (nSPS) is 16.8. The van der Waals surface area contributed by atoms with E-state index in [0.29, 0.717) is 28.1 Å². The summed E-state index contributed by atoms with van der Waals surface area (Å²) in [6.45, 7) is 0.529. The lowest BCUT2D eigenvalue weighted by Gasteiger charge is -2.37. The Hall–Kier alpha value is -3.03.